The summed E-state index contributed by atoms with van der Waals surface area (Å²) < 4.78 is 47.2. The van der Waals surface area contributed by atoms with Crippen LogP contribution in [0, 0.1) is 11.7 Å². The van der Waals surface area contributed by atoms with Gasteiger partial charge in [0, 0.05) is 12.6 Å². The standard InChI is InChI=1S/C20H27ClFN3O5S/c1-13(15-9-16(21)19(22)17(10-15)30-12-14-5-6-14)24-31(28,29)8-4-2-3-7-25-11-18(26)23-20(25)27/h9-10,13-14,24H,2-8,11-12H2,1H3,(H,23,26,27)/t13-/m1/s1. The Labute approximate surface area is 186 Å². The Bertz CT molecular complexity index is 939. The molecular formula is C20H27ClFN3O5S. The maximum absolute atomic E-state index is 14.2. The first-order valence-electron chi connectivity index (χ1n) is 10.3. The zero-order valence-corrected chi connectivity index (χ0v) is 18.9. The lowest BCUT2D eigenvalue weighted by molar-refractivity contribution is -0.118. The predicted octanol–water partition coefficient (Wildman–Crippen LogP) is 2.97. The van der Waals surface area contributed by atoms with Crippen LogP contribution in [0.1, 0.15) is 50.6 Å². The molecule has 8 nitrogen and oxygen atoms in total. The van der Waals surface area contributed by atoms with Gasteiger partial charge in [-0.3, -0.25) is 10.1 Å². The molecular weight excluding hydrogens is 449 g/mol. The lowest BCUT2D eigenvalue weighted by Gasteiger charge is -2.17. The lowest BCUT2D eigenvalue weighted by atomic mass is 10.1. The average molecular weight is 476 g/mol. The summed E-state index contributed by atoms with van der Waals surface area (Å²) in [4.78, 5) is 24.0. The normalized spacial score (nSPS) is 17.7. The van der Waals surface area contributed by atoms with Crippen LogP contribution in [0.25, 0.3) is 0 Å². The van der Waals surface area contributed by atoms with Gasteiger partial charge in [-0.05, 0) is 56.2 Å². The van der Waals surface area contributed by atoms with Gasteiger partial charge in [-0.25, -0.2) is 22.3 Å². The summed E-state index contributed by atoms with van der Waals surface area (Å²) in [5.74, 6) is -0.576. The van der Waals surface area contributed by atoms with Gasteiger partial charge in [0.15, 0.2) is 11.6 Å². The van der Waals surface area contributed by atoms with Crippen molar-refractivity contribution in [3.8, 4) is 5.75 Å². The van der Waals surface area contributed by atoms with Gasteiger partial charge in [0.2, 0.25) is 15.9 Å². The van der Waals surface area contributed by atoms with Crippen molar-refractivity contribution in [2.24, 2.45) is 5.92 Å². The molecule has 0 aromatic heterocycles. The van der Waals surface area contributed by atoms with Gasteiger partial charge >= 0.3 is 6.03 Å². The summed E-state index contributed by atoms with van der Waals surface area (Å²) in [5.41, 5.74) is 0.519. The molecule has 1 heterocycles. The van der Waals surface area contributed by atoms with Crippen molar-refractivity contribution < 1.29 is 27.1 Å². The second kappa shape index (κ2) is 10.1. The van der Waals surface area contributed by atoms with E-state index in [9.17, 15) is 22.4 Å². The first kappa shape index (κ1) is 23.7. The Morgan fingerprint density at radius 3 is 2.68 bits per heavy atom. The number of carbonyl (C=O) groups is 2. The maximum atomic E-state index is 14.2. The van der Waals surface area contributed by atoms with Crippen LogP contribution in [0.3, 0.4) is 0 Å². The van der Waals surface area contributed by atoms with Crippen molar-refractivity contribution in [1.82, 2.24) is 14.9 Å². The van der Waals surface area contributed by atoms with Crippen molar-refractivity contribution in [1.29, 1.82) is 0 Å². The molecule has 11 heteroatoms. The minimum absolute atomic E-state index is 0.0323. The Morgan fingerprint density at radius 1 is 1.29 bits per heavy atom. The highest BCUT2D eigenvalue weighted by Crippen LogP contribution is 2.33. The number of imide groups is 1. The van der Waals surface area contributed by atoms with Crippen molar-refractivity contribution in [3.63, 3.8) is 0 Å². The highest BCUT2D eigenvalue weighted by molar-refractivity contribution is 7.89. The van der Waals surface area contributed by atoms with Gasteiger partial charge in [-0.1, -0.05) is 18.0 Å². The Morgan fingerprint density at radius 2 is 2.03 bits per heavy atom. The zero-order chi connectivity index (χ0) is 22.6. The highest BCUT2D eigenvalue weighted by Gasteiger charge is 2.26. The molecule has 3 amide bonds. The summed E-state index contributed by atoms with van der Waals surface area (Å²) in [5, 5.41) is 2.08. The molecule has 172 valence electrons. The second-order valence-corrected chi connectivity index (χ2v) is 10.3. The van der Waals surface area contributed by atoms with Gasteiger partial charge in [-0.2, -0.15) is 0 Å². The largest absolute Gasteiger partial charge is 0.490 e. The Kier molecular flexibility index (Phi) is 7.77. The number of nitrogens with zero attached hydrogens (tertiary/aromatic N) is 1. The highest BCUT2D eigenvalue weighted by atomic mass is 35.5. The number of urea groups is 1. The van der Waals surface area contributed by atoms with Crippen LogP contribution in [-0.2, 0) is 14.8 Å². The molecule has 0 radical (unpaired) electrons. The van der Waals surface area contributed by atoms with Crippen LogP contribution in [-0.4, -0.2) is 50.7 Å². The molecule has 2 N–H and O–H groups in total. The molecule has 0 bridgehead atoms. The van der Waals surface area contributed by atoms with E-state index >= 15 is 0 Å². The van der Waals surface area contributed by atoms with Crippen molar-refractivity contribution in [2.45, 2.75) is 45.1 Å². The number of halogens is 2. The van der Waals surface area contributed by atoms with E-state index in [2.05, 4.69) is 10.0 Å². The van der Waals surface area contributed by atoms with Gasteiger partial charge < -0.3 is 9.64 Å². The van der Waals surface area contributed by atoms with E-state index in [-0.39, 0.29) is 29.0 Å². The lowest BCUT2D eigenvalue weighted by Crippen LogP contribution is -2.30. The van der Waals surface area contributed by atoms with E-state index in [0.717, 1.165) is 12.8 Å². The van der Waals surface area contributed by atoms with Gasteiger partial charge in [-0.15, -0.1) is 0 Å². The summed E-state index contributed by atoms with van der Waals surface area (Å²) in [7, 11) is -3.57. The molecule has 1 aromatic carbocycles. The van der Waals surface area contributed by atoms with Crippen molar-refractivity contribution in [3.05, 3.63) is 28.5 Å². The predicted molar refractivity (Wildman–Crippen MR) is 114 cm³/mol. The van der Waals surface area contributed by atoms with E-state index in [4.69, 9.17) is 16.3 Å². The average Bonchev–Trinajstić information content (AvgIpc) is 3.46. The summed E-state index contributed by atoms with van der Waals surface area (Å²) in [6.45, 7) is 2.53. The zero-order valence-electron chi connectivity index (χ0n) is 17.3. The van der Waals surface area contributed by atoms with Crippen molar-refractivity contribution in [2.75, 3.05) is 25.4 Å². The van der Waals surface area contributed by atoms with Crippen LogP contribution in [0.2, 0.25) is 5.02 Å². The van der Waals surface area contributed by atoms with Crippen LogP contribution < -0.4 is 14.8 Å². The molecule has 1 aliphatic carbocycles. The molecule has 2 fully saturated rings. The minimum atomic E-state index is -3.57. The topological polar surface area (TPSA) is 105 Å². The SMILES string of the molecule is C[C@@H](NS(=O)(=O)CCCCCN1CC(=O)NC1=O)c1cc(Cl)c(F)c(OCC2CC2)c1. The van der Waals surface area contributed by atoms with Gasteiger partial charge in [0.05, 0.1) is 17.4 Å². The molecule has 1 saturated heterocycles. The number of carbonyl (C=O) groups excluding carboxylic acids is 2. The smallest absolute Gasteiger partial charge is 0.324 e. The number of benzene rings is 1. The second-order valence-electron chi connectivity index (χ2n) is 8.06. The first-order valence-corrected chi connectivity index (χ1v) is 12.4. The van der Waals surface area contributed by atoms with Gasteiger partial charge in [0.25, 0.3) is 0 Å². The van der Waals surface area contributed by atoms with Crippen LogP contribution >= 0.6 is 11.6 Å². The summed E-state index contributed by atoms with van der Waals surface area (Å²) in [6.07, 6.45) is 3.73. The van der Waals surface area contributed by atoms with E-state index in [1.165, 1.54) is 17.0 Å². The van der Waals surface area contributed by atoms with E-state index < -0.39 is 27.9 Å². The third-order valence-electron chi connectivity index (χ3n) is 5.25. The Hall–Kier alpha value is -1.91. The van der Waals surface area contributed by atoms with Crippen LogP contribution in [0.15, 0.2) is 12.1 Å². The minimum Gasteiger partial charge on any atom is -0.490 e. The molecule has 1 atom stereocenters. The van der Waals surface area contributed by atoms with Crippen LogP contribution in [0.4, 0.5) is 9.18 Å². The summed E-state index contributed by atoms with van der Waals surface area (Å²) >= 11 is 5.97. The van der Waals surface area contributed by atoms with E-state index in [0.29, 0.717) is 43.9 Å². The summed E-state index contributed by atoms with van der Waals surface area (Å²) in [6, 6.07) is 1.87. The molecule has 0 spiro atoms. The number of sulfonamides is 1. The maximum Gasteiger partial charge on any atom is 0.324 e. The fraction of sp³-hybridized carbons (Fsp3) is 0.600. The Balaban J connectivity index is 1.46. The number of ether oxygens (including phenoxy) is 1. The van der Waals surface area contributed by atoms with Crippen LogP contribution in [0.5, 0.6) is 5.75 Å². The molecule has 31 heavy (non-hydrogen) atoms. The number of nitrogens with one attached hydrogen (secondary N) is 2. The van der Waals surface area contributed by atoms with E-state index in [1.807, 2.05) is 0 Å². The fourth-order valence-electron chi connectivity index (χ4n) is 3.26. The fourth-order valence-corrected chi connectivity index (χ4v) is 4.86. The number of hydrogen-bond donors (Lipinski definition) is 2. The third kappa shape index (κ3) is 7.05. The molecule has 3 rings (SSSR count). The molecule has 0 unspecified atom stereocenters. The number of hydrogen-bond acceptors (Lipinski definition) is 5. The van der Waals surface area contributed by atoms with Gasteiger partial charge in [0.1, 0.15) is 6.54 Å². The molecule has 1 saturated carbocycles. The quantitative estimate of drug-likeness (QED) is 0.357. The monoisotopic (exact) mass is 475 g/mol. The molecule has 1 aliphatic heterocycles. The van der Waals surface area contributed by atoms with Crippen molar-refractivity contribution >= 4 is 33.6 Å². The number of amides is 3. The molecule has 1 aromatic rings. The number of unbranched alkanes of at least 4 members (excludes halogenated alkanes) is 2. The number of rotatable bonds is 12. The van der Waals surface area contributed by atoms with E-state index in [1.54, 1.807) is 6.92 Å². The molecule has 2 aliphatic rings. The first-order chi connectivity index (χ1) is 14.6. The third-order valence-corrected chi connectivity index (χ3v) is 7.07.